The van der Waals surface area contributed by atoms with Crippen molar-refractivity contribution in [3.63, 3.8) is 0 Å². The first-order valence-corrected chi connectivity index (χ1v) is 10.4. The minimum absolute atomic E-state index is 0.0587. The number of hydrogen-bond acceptors (Lipinski definition) is 7. The molecule has 0 spiro atoms. The van der Waals surface area contributed by atoms with E-state index in [4.69, 9.17) is 4.98 Å². The van der Waals surface area contributed by atoms with Crippen LogP contribution in [0, 0.1) is 20.8 Å². The van der Waals surface area contributed by atoms with E-state index in [2.05, 4.69) is 30.2 Å². The normalized spacial score (nSPS) is 16.6. The monoisotopic (exact) mass is 418 g/mol. The largest absolute Gasteiger partial charge is 0.345 e. The van der Waals surface area contributed by atoms with Crippen molar-refractivity contribution < 1.29 is 4.79 Å². The number of piperidine rings is 1. The van der Waals surface area contributed by atoms with Crippen molar-refractivity contribution in [3.8, 4) is 0 Å². The van der Waals surface area contributed by atoms with Crippen LogP contribution in [0.1, 0.15) is 53.9 Å². The summed E-state index contributed by atoms with van der Waals surface area (Å²) in [5.74, 6) is 1.70. The van der Waals surface area contributed by atoms with E-state index >= 15 is 0 Å². The number of aromatic nitrogens is 6. The molecule has 31 heavy (non-hydrogen) atoms. The van der Waals surface area contributed by atoms with Crippen LogP contribution in [0.3, 0.4) is 0 Å². The molecule has 3 aromatic heterocycles. The SMILES string of the molecule is Cc1cc(C)nc(Nc2cc(C)nc([C@@H]3CCCCN3C(=O)/C=C/c3cnc[nH]3)n2)n1. The average molecular weight is 419 g/mol. The van der Waals surface area contributed by atoms with E-state index in [-0.39, 0.29) is 11.9 Å². The third-order valence-electron chi connectivity index (χ3n) is 5.10. The van der Waals surface area contributed by atoms with Gasteiger partial charge in [0.15, 0.2) is 5.82 Å². The van der Waals surface area contributed by atoms with Crippen LogP contribution in [0.5, 0.6) is 0 Å². The van der Waals surface area contributed by atoms with Crippen LogP contribution in [0.4, 0.5) is 11.8 Å². The lowest BCUT2D eigenvalue weighted by Gasteiger charge is -2.34. The third-order valence-corrected chi connectivity index (χ3v) is 5.10. The second kappa shape index (κ2) is 9.03. The second-order valence-corrected chi connectivity index (χ2v) is 7.74. The first-order chi connectivity index (χ1) is 15.0. The van der Waals surface area contributed by atoms with Gasteiger partial charge in [-0.05, 0) is 52.2 Å². The maximum atomic E-state index is 12.9. The minimum Gasteiger partial charge on any atom is -0.345 e. The summed E-state index contributed by atoms with van der Waals surface area (Å²) in [6, 6.07) is 3.61. The number of carbonyl (C=O) groups excluding carboxylic acids is 1. The van der Waals surface area contributed by atoms with Crippen LogP contribution in [-0.4, -0.2) is 47.3 Å². The van der Waals surface area contributed by atoms with Crippen molar-refractivity contribution >= 4 is 23.7 Å². The Hall–Kier alpha value is -3.62. The molecule has 1 amide bonds. The van der Waals surface area contributed by atoms with Crippen molar-refractivity contribution in [3.05, 3.63) is 59.3 Å². The number of hydrogen-bond donors (Lipinski definition) is 2. The third kappa shape index (κ3) is 5.11. The highest BCUT2D eigenvalue weighted by atomic mass is 16.2. The fraction of sp³-hybridized carbons (Fsp3) is 0.364. The van der Waals surface area contributed by atoms with Gasteiger partial charge in [-0.25, -0.2) is 24.9 Å². The molecule has 160 valence electrons. The molecule has 9 heteroatoms. The molecular weight excluding hydrogens is 392 g/mol. The highest BCUT2D eigenvalue weighted by Crippen LogP contribution is 2.30. The Kier molecular flexibility index (Phi) is 6.01. The predicted octanol–water partition coefficient (Wildman–Crippen LogP) is 3.43. The maximum absolute atomic E-state index is 12.9. The summed E-state index contributed by atoms with van der Waals surface area (Å²) < 4.78 is 0. The van der Waals surface area contributed by atoms with E-state index in [1.54, 1.807) is 24.7 Å². The molecule has 9 nitrogen and oxygen atoms in total. The summed E-state index contributed by atoms with van der Waals surface area (Å²) in [6.45, 7) is 6.46. The van der Waals surface area contributed by atoms with Gasteiger partial charge in [0.1, 0.15) is 5.82 Å². The van der Waals surface area contributed by atoms with Gasteiger partial charge < -0.3 is 15.2 Å². The van der Waals surface area contributed by atoms with Crippen LogP contribution in [0.25, 0.3) is 6.08 Å². The van der Waals surface area contributed by atoms with Crippen molar-refractivity contribution in [2.75, 3.05) is 11.9 Å². The number of anilines is 2. The molecule has 2 N–H and O–H groups in total. The van der Waals surface area contributed by atoms with Crippen molar-refractivity contribution in [2.24, 2.45) is 0 Å². The number of aromatic amines is 1. The lowest BCUT2D eigenvalue weighted by Crippen LogP contribution is -2.38. The van der Waals surface area contributed by atoms with Crippen LogP contribution < -0.4 is 5.32 Å². The molecule has 0 radical (unpaired) electrons. The van der Waals surface area contributed by atoms with Gasteiger partial charge in [0.25, 0.3) is 0 Å². The molecule has 0 bridgehead atoms. The Morgan fingerprint density at radius 1 is 1.10 bits per heavy atom. The number of nitrogens with one attached hydrogen (secondary N) is 2. The first-order valence-electron chi connectivity index (χ1n) is 10.4. The Bertz CT molecular complexity index is 1070. The number of rotatable bonds is 5. The number of nitrogens with zero attached hydrogens (tertiary/aromatic N) is 6. The molecule has 1 aliphatic heterocycles. The number of carbonyl (C=O) groups is 1. The summed E-state index contributed by atoms with van der Waals surface area (Å²) in [7, 11) is 0. The van der Waals surface area contributed by atoms with Gasteiger partial charge in [-0.2, -0.15) is 0 Å². The zero-order valence-corrected chi connectivity index (χ0v) is 18.0. The van der Waals surface area contributed by atoms with Gasteiger partial charge in [0, 0.05) is 35.8 Å². The molecular formula is C22H26N8O. The van der Waals surface area contributed by atoms with E-state index in [0.29, 0.717) is 24.1 Å². The first kappa shape index (κ1) is 20.6. The lowest BCUT2D eigenvalue weighted by atomic mass is 10.0. The minimum atomic E-state index is -0.173. The number of aryl methyl sites for hydroxylation is 3. The number of H-pyrrole nitrogens is 1. The van der Waals surface area contributed by atoms with Crippen molar-refractivity contribution in [2.45, 2.75) is 46.1 Å². The summed E-state index contributed by atoms with van der Waals surface area (Å²) in [6.07, 6.45) is 9.39. The van der Waals surface area contributed by atoms with Gasteiger partial charge in [0.05, 0.1) is 24.3 Å². The predicted molar refractivity (Wildman–Crippen MR) is 117 cm³/mol. The average Bonchev–Trinajstić information content (AvgIpc) is 3.24. The van der Waals surface area contributed by atoms with Crippen LogP contribution in [-0.2, 0) is 4.79 Å². The van der Waals surface area contributed by atoms with E-state index in [1.807, 2.05) is 37.8 Å². The zero-order chi connectivity index (χ0) is 21.8. The molecule has 4 heterocycles. The molecule has 1 saturated heterocycles. The summed E-state index contributed by atoms with van der Waals surface area (Å²) in [5.41, 5.74) is 3.37. The molecule has 0 aromatic carbocycles. The van der Waals surface area contributed by atoms with E-state index in [9.17, 15) is 4.79 Å². The van der Waals surface area contributed by atoms with Crippen LogP contribution in [0.15, 0.2) is 30.7 Å². The van der Waals surface area contributed by atoms with Crippen LogP contribution >= 0.6 is 0 Å². The standard InChI is InChI=1S/C22H26N8O/c1-14-10-15(2)27-22(26-14)29-19-11-16(3)25-21(28-19)18-6-4-5-9-30(18)20(31)8-7-17-12-23-13-24-17/h7-8,10-13,18H,4-6,9H2,1-3H3,(H,23,24)(H,25,26,27,28,29)/b8-7+/t18-/m0/s1. The van der Waals surface area contributed by atoms with Gasteiger partial charge >= 0.3 is 0 Å². The summed E-state index contributed by atoms with van der Waals surface area (Å²) >= 11 is 0. The molecule has 0 aliphatic carbocycles. The lowest BCUT2D eigenvalue weighted by molar-refractivity contribution is -0.129. The molecule has 1 aliphatic rings. The molecule has 4 rings (SSSR count). The smallest absolute Gasteiger partial charge is 0.247 e. The second-order valence-electron chi connectivity index (χ2n) is 7.74. The van der Waals surface area contributed by atoms with E-state index in [1.165, 1.54) is 0 Å². The summed E-state index contributed by atoms with van der Waals surface area (Å²) in [5, 5.41) is 3.19. The Labute approximate surface area is 181 Å². The van der Waals surface area contributed by atoms with E-state index < -0.39 is 0 Å². The maximum Gasteiger partial charge on any atom is 0.247 e. The van der Waals surface area contributed by atoms with Gasteiger partial charge in [-0.3, -0.25) is 4.79 Å². The zero-order valence-electron chi connectivity index (χ0n) is 18.0. The summed E-state index contributed by atoms with van der Waals surface area (Å²) in [4.78, 5) is 39.9. The number of amides is 1. The van der Waals surface area contributed by atoms with E-state index in [0.717, 1.165) is 42.0 Å². The number of imidazole rings is 1. The van der Waals surface area contributed by atoms with Crippen molar-refractivity contribution in [1.29, 1.82) is 0 Å². The van der Waals surface area contributed by atoms with Crippen LogP contribution in [0.2, 0.25) is 0 Å². The van der Waals surface area contributed by atoms with Gasteiger partial charge in [-0.15, -0.1) is 0 Å². The number of likely N-dealkylation sites (tertiary alicyclic amines) is 1. The Morgan fingerprint density at radius 2 is 1.87 bits per heavy atom. The Morgan fingerprint density at radius 3 is 2.61 bits per heavy atom. The molecule has 1 fully saturated rings. The quantitative estimate of drug-likeness (QED) is 0.610. The molecule has 3 aromatic rings. The highest BCUT2D eigenvalue weighted by Gasteiger charge is 2.29. The highest BCUT2D eigenvalue weighted by molar-refractivity contribution is 5.91. The fourth-order valence-electron chi connectivity index (χ4n) is 3.78. The van der Waals surface area contributed by atoms with Crippen molar-refractivity contribution in [1.82, 2.24) is 34.8 Å². The molecule has 0 unspecified atom stereocenters. The molecule has 1 atom stereocenters. The Balaban J connectivity index is 1.58. The van der Waals surface area contributed by atoms with Gasteiger partial charge in [0.2, 0.25) is 11.9 Å². The fourth-order valence-corrected chi connectivity index (χ4v) is 3.78. The molecule has 0 saturated carbocycles. The van der Waals surface area contributed by atoms with Gasteiger partial charge in [-0.1, -0.05) is 0 Å². The topological polar surface area (TPSA) is 113 Å².